The highest BCUT2D eigenvalue weighted by Gasteiger charge is 2.49. The van der Waals surface area contributed by atoms with E-state index in [1.54, 1.807) is 0 Å². The molecule has 4 aromatic rings. The summed E-state index contributed by atoms with van der Waals surface area (Å²) in [5.41, 5.74) is 4.13. The van der Waals surface area contributed by atoms with Gasteiger partial charge >= 0.3 is 5.97 Å². The van der Waals surface area contributed by atoms with Crippen molar-refractivity contribution in [3.63, 3.8) is 0 Å². The molecule has 1 aliphatic heterocycles. The van der Waals surface area contributed by atoms with E-state index in [1.807, 2.05) is 121 Å². The quantitative estimate of drug-likeness (QED) is 0.0883. The number of hydrogen-bond acceptors (Lipinski definition) is 8. The van der Waals surface area contributed by atoms with Gasteiger partial charge in [-0.15, -0.1) is 0 Å². The average molecular weight is 641 g/mol. The molecule has 1 aliphatic rings. The molecule has 0 aliphatic carbocycles. The maximum Gasteiger partial charge on any atom is 0.302 e. The van der Waals surface area contributed by atoms with Crippen LogP contribution < -0.4 is 0 Å². The van der Waals surface area contributed by atoms with E-state index in [2.05, 4.69) is 0 Å². The molecule has 5 atom stereocenters. The molecule has 5 rings (SSSR count). The van der Waals surface area contributed by atoms with Gasteiger partial charge in [0.2, 0.25) is 0 Å². The van der Waals surface area contributed by atoms with Crippen molar-refractivity contribution in [3.05, 3.63) is 144 Å². The Morgan fingerprint density at radius 1 is 0.553 bits per heavy atom. The van der Waals surface area contributed by atoms with Gasteiger partial charge in [-0.3, -0.25) is 4.79 Å². The van der Waals surface area contributed by atoms with Crippen molar-refractivity contribution >= 4 is 5.97 Å². The van der Waals surface area contributed by atoms with Crippen molar-refractivity contribution in [1.82, 2.24) is 0 Å². The Hall–Kier alpha value is -3.89. The lowest BCUT2D eigenvalue weighted by molar-refractivity contribution is -0.328. The minimum atomic E-state index is -0.793. The molecule has 1 fully saturated rings. The van der Waals surface area contributed by atoms with Gasteiger partial charge in [-0.1, -0.05) is 121 Å². The Kier molecular flexibility index (Phi) is 14.0. The molecule has 0 bridgehead atoms. The van der Waals surface area contributed by atoms with Gasteiger partial charge in [0.25, 0.3) is 0 Å². The Labute approximate surface area is 277 Å². The van der Waals surface area contributed by atoms with Crippen LogP contribution in [0.2, 0.25) is 0 Å². The predicted octanol–water partition coefficient (Wildman–Crippen LogP) is 6.65. The van der Waals surface area contributed by atoms with Crippen LogP contribution in [-0.4, -0.2) is 56.5 Å². The summed E-state index contributed by atoms with van der Waals surface area (Å²) in [5, 5.41) is 0. The lowest BCUT2D eigenvalue weighted by Crippen LogP contribution is -2.61. The Morgan fingerprint density at radius 3 is 1.49 bits per heavy atom. The van der Waals surface area contributed by atoms with Crippen LogP contribution in [-0.2, 0) is 64.4 Å². The zero-order chi connectivity index (χ0) is 32.5. The van der Waals surface area contributed by atoms with Crippen LogP contribution >= 0.6 is 0 Å². The number of carbonyl (C=O) groups excluding carboxylic acids is 1. The summed E-state index contributed by atoms with van der Waals surface area (Å²) in [6.07, 6.45) is -2.57. The van der Waals surface area contributed by atoms with E-state index in [9.17, 15) is 4.79 Å². The summed E-state index contributed by atoms with van der Waals surface area (Å²) < 4.78 is 44.3. The summed E-state index contributed by atoms with van der Waals surface area (Å²) >= 11 is 0. The molecule has 8 nitrogen and oxygen atoms in total. The minimum Gasteiger partial charge on any atom is -0.466 e. The number of benzene rings is 4. The fraction of sp³-hybridized carbons (Fsp3) is 0.359. The first-order valence-electron chi connectivity index (χ1n) is 16.1. The first-order valence-corrected chi connectivity index (χ1v) is 16.1. The molecule has 0 unspecified atom stereocenters. The van der Waals surface area contributed by atoms with Crippen molar-refractivity contribution in [2.24, 2.45) is 0 Å². The van der Waals surface area contributed by atoms with Gasteiger partial charge in [-0.2, -0.15) is 0 Å². The number of hydrogen-bond donors (Lipinski definition) is 0. The second kappa shape index (κ2) is 19.1. The first kappa shape index (κ1) is 34.4. The topological polar surface area (TPSA) is 81.7 Å². The van der Waals surface area contributed by atoms with E-state index in [1.165, 1.54) is 6.92 Å². The van der Waals surface area contributed by atoms with Crippen molar-refractivity contribution in [1.29, 1.82) is 0 Å². The largest absolute Gasteiger partial charge is 0.466 e. The Bertz CT molecular complexity index is 1420. The second-order valence-corrected chi connectivity index (χ2v) is 11.4. The van der Waals surface area contributed by atoms with Crippen LogP contribution in [0.4, 0.5) is 0 Å². The Morgan fingerprint density at radius 2 is 1.00 bits per heavy atom. The standard InChI is InChI=1S/C39H44O8/c1-30(40)42-23-14-24-43-39-38(46-28-34-21-12-5-13-22-34)37(45-27-33-19-10-4-11-20-33)36(44-26-32-17-8-3-9-18-32)35(47-39)29-41-25-31-15-6-2-7-16-31/h2-13,15-22,35-39H,14,23-29H2,1H3/t35-,36-,37+,38+,39+/m1/s1. The van der Waals surface area contributed by atoms with E-state index in [-0.39, 0.29) is 19.2 Å². The highest BCUT2D eigenvalue weighted by Crippen LogP contribution is 2.31. The molecule has 1 saturated heterocycles. The zero-order valence-corrected chi connectivity index (χ0v) is 26.9. The molecule has 0 N–H and O–H groups in total. The third-order valence-electron chi connectivity index (χ3n) is 7.72. The van der Waals surface area contributed by atoms with Gasteiger partial charge in [0.15, 0.2) is 6.29 Å². The summed E-state index contributed by atoms with van der Waals surface area (Å²) in [7, 11) is 0. The number of esters is 1. The van der Waals surface area contributed by atoms with Crippen LogP contribution in [0.3, 0.4) is 0 Å². The molecular weight excluding hydrogens is 596 g/mol. The third-order valence-corrected chi connectivity index (χ3v) is 7.72. The van der Waals surface area contributed by atoms with Gasteiger partial charge in [0.05, 0.1) is 46.2 Å². The van der Waals surface area contributed by atoms with E-state index in [4.69, 9.17) is 33.2 Å². The molecule has 47 heavy (non-hydrogen) atoms. The van der Waals surface area contributed by atoms with Gasteiger partial charge in [0.1, 0.15) is 24.4 Å². The van der Waals surface area contributed by atoms with Crippen LogP contribution in [0.25, 0.3) is 0 Å². The number of carbonyl (C=O) groups is 1. The maximum atomic E-state index is 11.3. The second-order valence-electron chi connectivity index (χ2n) is 11.4. The summed E-state index contributed by atoms with van der Waals surface area (Å²) in [5.74, 6) is -0.327. The van der Waals surface area contributed by atoms with Crippen molar-refractivity contribution in [2.45, 2.75) is 70.5 Å². The smallest absolute Gasteiger partial charge is 0.302 e. The van der Waals surface area contributed by atoms with E-state index in [0.29, 0.717) is 39.5 Å². The molecular formula is C39H44O8. The fourth-order valence-electron chi connectivity index (χ4n) is 5.36. The molecule has 0 spiro atoms. The van der Waals surface area contributed by atoms with Crippen molar-refractivity contribution in [3.8, 4) is 0 Å². The number of ether oxygens (including phenoxy) is 7. The highest BCUT2D eigenvalue weighted by atomic mass is 16.7. The van der Waals surface area contributed by atoms with E-state index < -0.39 is 30.7 Å². The number of rotatable bonds is 18. The highest BCUT2D eigenvalue weighted by molar-refractivity contribution is 5.65. The minimum absolute atomic E-state index is 0.248. The molecule has 0 saturated carbocycles. The fourth-order valence-corrected chi connectivity index (χ4v) is 5.36. The van der Waals surface area contributed by atoms with Crippen molar-refractivity contribution < 1.29 is 38.0 Å². The van der Waals surface area contributed by atoms with Gasteiger partial charge < -0.3 is 33.2 Å². The van der Waals surface area contributed by atoms with Crippen molar-refractivity contribution in [2.75, 3.05) is 19.8 Å². The first-order chi connectivity index (χ1) is 23.2. The van der Waals surface area contributed by atoms with Gasteiger partial charge in [0, 0.05) is 13.3 Å². The average Bonchev–Trinajstić information content (AvgIpc) is 3.11. The molecule has 0 radical (unpaired) electrons. The van der Waals surface area contributed by atoms with Gasteiger partial charge in [-0.25, -0.2) is 0 Å². The lowest BCUT2D eigenvalue weighted by atomic mass is 9.97. The van der Waals surface area contributed by atoms with E-state index in [0.717, 1.165) is 22.3 Å². The summed E-state index contributed by atoms with van der Waals surface area (Å²) in [6, 6.07) is 40.0. The molecule has 0 aromatic heterocycles. The summed E-state index contributed by atoms with van der Waals surface area (Å²) in [4.78, 5) is 11.3. The van der Waals surface area contributed by atoms with Gasteiger partial charge in [-0.05, 0) is 22.3 Å². The van der Waals surface area contributed by atoms with Crippen LogP contribution in [0.15, 0.2) is 121 Å². The molecule has 4 aromatic carbocycles. The summed E-state index contributed by atoms with van der Waals surface area (Å²) in [6.45, 7) is 3.63. The van der Waals surface area contributed by atoms with E-state index >= 15 is 0 Å². The molecule has 1 heterocycles. The van der Waals surface area contributed by atoms with Crippen LogP contribution in [0.1, 0.15) is 35.6 Å². The maximum absolute atomic E-state index is 11.3. The lowest BCUT2D eigenvalue weighted by Gasteiger charge is -2.46. The molecule has 0 amide bonds. The normalized spacial score (nSPS) is 20.9. The van der Waals surface area contributed by atoms with Crippen LogP contribution in [0, 0.1) is 0 Å². The predicted molar refractivity (Wildman–Crippen MR) is 177 cm³/mol. The Balaban J connectivity index is 1.40. The third kappa shape index (κ3) is 11.4. The monoisotopic (exact) mass is 640 g/mol. The SMILES string of the molecule is CC(=O)OCCCO[C@H]1O[C@H](COCc2ccccc2)[C@@H](OCc2ccccc2)[C@H](OCc2ccccc2)[C@@H]1OCc1ccccc1. The molecule has 8 heteroatoms. The molecule has 248 valence electrons. The zero-order valence-electron chi connectivity index (χ0n) is 26.9. The van der Waals surface area contributed by atoms with Crippen LogP contribution in [0.5, 0.6) is 0 Å².